The minimum Gasteiger partial charge on any atom is -0.465 e. The normalized spacial score (nSPS) is 23.4. The summed E-state index contributed by atoms with van der Waals surface area (Å²) in [4.78, 5) is 0.114. The van der Waals surface area contributed by atoms with Gasteiger partial charge < -0.3 is 9.52 Å². The van der Waals surface area contributed by atoms with Gasteiger partial charge in [-0.3, -0.25) is 0 Å². The van der Waals surface area contributed by atoms with Crippen molar-refractivity contribution in [1.29, 1.82) is 0 Å². The molecule has 2 rings (SSSR count). The predicted octanol–water partition coefficient (Wildman–Crippen LogP) is 2.64. The summed E-state index contributed by atoms with van der Waals surface area (Å²) >= 11 is 0. The van der Waals surface area contributed by atoms with Gasteiger partial charge >= 0.3 is 0 Å². The highest BCUT2D eigenvalue weighted by atomic mass is 32.2. The molecular formula is C15H25NO4S. The molecule has 2 unspecified atom stereocenters. The number of hydrogen-bond donors (Lipinski definition) is 2. The quantitative estimate of drug-likeness (QED) is 0.875. The van der Waals surface area contributed by atoms with E-state index in [1.807, 2.05) is 0 Å². The highest BCUT2D eigenvalue weighted by molar-refractivity contribution is 7.89. The maximum absolute atomic E-state index is 12.7. The van der Waals surface area contributed by atoms with Crippen LogP contribution in [-0.4, -0.2) is 19.6 Å². The molecule has 2 atom stereocenters. The zero-order valence-electron chi connectivity index (χ0n) is 13.0. The molecule has 1 saturated carbocycles. The van der Waals surface area contributed by atoms with E-state index in [0.717, 1.165) is 25.7 Å². The van der Waals surface area contributed by atoms with E-state index >= 15 is 0 Å². The molecule has 0 bridgehead atoms. The number of aliphatic hydroxyl groups excluding tert-OH is 1. The SMILES string of the molecule is CCC1CCCCC1NS(=O)(=O)c1c(C)oc(C)c1CO. The summed E-state index contributed by atoms with van der Waals surface area (Å²) in [5.41, 5.74) is 0.365. The summed E-state index contributed by atoms with van der Waals surface area (Å²) in [5, 5.41) is 9.43. The van der Waals surface area contributed by atoms with E-state index in [1.165, 1.54) is 6.42 Å². The van der Waals surface area contributed by atoms with Gasteiger partial charge in [0.25, 0.3) is 0 Å². The molecule has 120 valence electrons. The van der Waals surface area contributed by atoms with Gasteiger partial charge in [0.05, 0.1) is 6.61 Å². The van der Waals surface area contributed by atoms with Crippen LogP contribution in [0, 0.1) is 19.8 Å². The van der Waals surface area contributed by atoms with Gasteiger partial charge in [-0.2, -0.15) is 0 Å². The van der Waals surface area contributed by atoms with Gasteiger partial charge in [0, 0.05) is 11.6 Å². The Hall–Kier alpha value is -0.850. The van der Waals surface area contributed by atoms with E-state index < -0.39 is 10.0 Å². The molecule has 21 heavy (non-hydrogen) atoms. The van der Waals surface area contributed by atoms with Gasteiger partial charge in [-0.1, -0.05) is 26.2 Å². The van der Waals surface area contributed by atoms with E-state index in [9.17, 15) is 13.5 Å². The first-order chi connectivity index (χ1) is 9.90. The Morgan fingerprint density at radius 2 is 1.90 bits per heavy atom. The first kappa shape index (κ1) is 16.5. The van der Waals surface area contributed by atoms with E-state index in [1.54, 1.807) is 13.8 Å². The lowest BCUT2D eigenvalue weighted by Crippen LogP contribution is -2.42. The number of nitrogens with one attached hydrogen (secondary N) is 1. The standard InChI is InChI=1S/C15H25NO4S/c1-4-12-7-5-6-8-14(12)16-21(18,19)15-11(3)20-10(2)13(15)9-17/h12,14,16-17H,4-9H2,1-3H3. The number of hydrogen-bond acceptors (Lipinski definition) is 4. The van der Waals surface area contributed by atoms with Crippen LogP contribution in [0.15, 0.2) is 9.31 Å². The van der Waals surface area contributed by atoms with Crippen molar-refractivity contribution in [2.24, 2.45) is 5.92 Å². The van der Waals surface area contributed by atoms with Crippen molar-refractivity contribution < 1.29 is 17.9 Å². The second-order valence-corrected chi connectivity index (χ2v) is 7.51. The fourth-order valence-corrected chi connectivity index (χ4v) is 5.13. The van der Waals surface area contributed by atoms with Crippen molar-refractivity contribution >= 4 is 10.0 Å². The third-order valence-electron chi connectivity index (χ3n) is 4.49. The summed E-state index contributed by atoms with van der Waals surface area (Å²) in [6.45, 7) is 5.07. The number of aliphatic hydroxyl groups is 1. The summed E-state index contributed by atoms with van der Waals surface area (Å²) in [5.74, 6) is 1.19. The molecule has 1 aliphatic carbocycles. The molecule has 0 spiro atoms. The summed E-state index contributed by atoms with van der Waals surface area (Å²) < 4.78 is 33.6. The van der Waals surface area contributed by atoms with Crippen LogP contribution in [0.2, 0.25) is 0 Å². The maximum Gasteiger partial charge on any atom is 0.244 e. The highest BCUT2D eigenvalue weighted by Gasteiger charge is 2.32. The smallest absolute Gasteiger partial charge is 0.244 e. The molecule has 1 aliphatic rings. The Morgan fingerprint density at radius 3 is 2.52 bits per heavy atom. The minimum atomic E-state index is -3.66. The molecule has 1 fully saturated rings. The molecule has 0 saturated heterocycles. The summed E-state index contributed by atoms with van der Waals surface area (Å²) in [6.07, 6.45) is 5.15. The molecular weight excluding hydrogens is 290 g/mol. The summed E-state index contributed by atoms with van der Waals surface area (Å²) in [7, 11) is -3.66. The van der Waals surface area contributed by atoms with Crippen molar-refractivity contribution in [1.82, 2.24) is 4.72 Å². The van der Waals surface area contributed by atoms with E-state index in [-0.39, 0.29) is 17.5 Å². The fraction of sp³-hybridized carbons (Fsp3) is 0.733. The maximum atomic E-state index is 12.7. The second kappa shape index (κ2) is 6.50. The molecule has 2 N–H and O–H groups in total. The van der Waals surface area contributed by atoms with Crippen LogP contribution in [0.5, 0.6) is 0 Å². The van der Waals surface area contributed by atoms with Gasteiger partial charge in [0.1, 0.15) is 16.4 Å². The molecule has 0 aromatic carbocycles. The van der Waals surface area contributed by atoms with Crippen molar-refractivity contribution in [3.05, 3.63) is 17.1 Å². The highest BCUT2D eigenvalue weighted by Crippen LogP contribution is 2.31. The molecule has 1 aromatic rings. The molecule has 1 aromatic heterocycles. The van der Waals surface area contributed by atoms with Crippen LogP contribution < -0.4 is 4.72 Å². The Balaban J connectivity index is 2.30. The number of aryl methyl sites for hydroxylation is 2. The van der Waals surface area contributed by atoms with Crippen LogP contribution in [0.1, 0.15) is 56.1 Å². The lowest BCUT2D eigenvalue weighted by Gasteiger charge is -2.31. The molecule has 0 amide bonds. The fourth-order valence-electron chi connectivity index (χ4n) is 3.35. The minimum absolute atomic E-state index is 0.0186. The second-order valence-electron chi connectivity index (χ2n) is 5.86. The van der Waals surface area contributed by atoms with Crippen LogP contribution in [0.3, 0.4) is 0 Å². The monoisotopic (exact) mass is 315 g/mol. The van der Waals surface area contributed by atoms with E-state index in [2.05, 4.69) is 11.6 Å². The number of sulfonamides is 1. The third kappa shape index (κ3) is 3.33. The number of rotatable bonds is 5. The zero-order chi connectivity index (χ0) is 15.6. The Bertz CT molecular complexity index is 591. The van der Waals surface area contributed by atoms with Crippen molar-refractivity contribution in [2.75, 3.05) is 0 Å². The topological polar surface area (TPSA) is 79.5 Å². The first-order valence-electron chi connectivity index (χ1n) is 7.62. The van der Waals surface area contributed by atoms with Crippen molar-refractivity contribution in [3.63, 3.8) is 0 Å². The van der Waals surface area contributed by atoms with Gasteiger partial charge in [-0.15, -0.1) is 0 Å². The molecule has 0 aliphatic heterocycles. The lowest BCUT2D eigenvalue weighted by molar-refractivity contribution is 0.275. The first-order valence-corrected chi connectivity index (χ1v) is 9.11. The van der Waals surface area contributed by atoms with E-state index in [4.69, 9.17) is 4.42 Å². The average molecular weight is 315 g/mol. The van der Waals surface area contributed by atoms with Crippen LogP contribution in [0.25, 0.3) is 0 Å². The Morgan fingerprint density at radius 1 is 1.24 bits per heavy atom. The average Bonchev–Trinajstić information content (AvgIpc) is 2.73. The van der Waals surface area contributed by atoms with Gasteiger partial charge in [-0.05, 0) is 32.6 Å². The zero-order valence-corrected chi connectivity index (χ0v) is 13.8. The summed E-state index contributed by atoms with van der Waals surface area (Å²) in [6, 6.07) is -0.0186. The Kier molecular flexibility index (Phi) is 5.11. The third-order valence-corrected chi connectivity index (χ3v) is 6.18. The van der Waals surface area contributed by atoms with Crippen LogP contribution >= 0.6 is 0 Å². The van der Waals surface area contributed by atoms with Crippen LogP contribution in [-0.2, 0) is 16.6 Å². The van der Waals surface area contributed by atoms with Crippen LogP contribution in [0.4, 0.5) is 0 Å². The molecule has 6 heteroatoms. The predicted molar refractivity (Wildman–Crippen MR) is 80.5 cm³/mol. The molecule has 1 heterocycles. The Labute approximate surface area is 126 Å². The molecule has 5 nitrogen and oxygen atoms in total. The van der Waals surface area contributed by atoms with E-state index in [0.29, 0.717) is 23.0 Å². The van der Waals surface area contributed by atoms with Gasteiger partial charge in [0.15, 0.2) is 0 Å². The largest absolute Gasteiger partial charge is 0.465 e. The van der Waals surface area contributed by atoms with Crippen molar-refractivity contribution in [3.8, 4) is 0 Å². The molecule has 0 radical (unpaired) electrons. The lowest BCUT2D eigenvalue weighted by atomic mass is 9.83. The number of furan rings is 1. The van der Waals surface area contributed by atoms with Crippen molar-refractivity contribution in [2.45, 2.75) is 70.4 Å². The van der Waals surface area contributed by atoms with Gasteiger partial charge in [0.2, 0.25) is 10.0 Å². The van der Waals surface area contributed by atoms with Gasteiger partial charge in [-0.25, -0.2) is 13.1 Å².